The molecule has 0 aliphatic rings. The second kappa shape index (κ2) is 7.95. The Bertz CT molecular complexity index is 1090. The average Bonchev–Trinajstić information content (AvgIpc) is 3.01. The Labute approximate surface area is 158 Å². The zero-order valence-corrected chi connectivity index (χ0v) is 15.2. The quantitative estimate of drug-likeness (QED) is 0.561. The minimum absolute atomic E-state index is 0.0746. The summed E-state index contributed by atoms with van der Waals surface area (Å²) in [4.78, 5) is 40.7. The summed E-state index contributed by atoms with van der Waals surface area (Å²) in [6, 6.07) is 8.96. The van der Waals surface area contributed by atoms with Gasteiger partial charge >= 0.3 is 11.7 Å². The number of carbonyl (C=O) groups is 2. The number of nitrogens with one attached hydrogen (secondary N) is 3. The summed E-state index contributed by atoms with van der Waals surface area (Å²) < 4.78 is 23.6. The van der Waals surface area contributed by atoms with Gasteiger partial charge < -0.3 is 24.8 Å². The lowest BCUT2D eigenvalue weighted by molar-refractivity contribution is -0.152. The fourth-order valence-electron chi connectivity index (χ4n) is 2.63. The number of ether oxygens (including phenoxy) is 2. The summed E-state index contributed by atoms with van der Waals surface area (Å²) >= 11 is 0. The standard InChI is InChI=1S/C19H18FN3O5/c1-10(28-17(24)8-11-3-6-16(27-2)13(20)7-11)18(25)21-12-4-5-14-15(9-12)23-19(26)22-14/h3-7,9-10H,8H2,1-2H3,(H,21,25)(H2,22,23,26)/t10-/m1/s1. The van der Waals surface area contributed by atoms with Crippen LogP contribution in [0.3, 0.4) is 0 Å². The maximum absolute atomic E-state index is 13.7. The molecule has 2 aromatic carbocycles. The number of rotatable bonds is 6. The molecule has 1 atom stereocenters. The number of aromatic amines is 2. The Balaban J connectivity index is 1.58. The van der Waals surface area contributed by atoms with Crippen LogP contribution in [0, 0.1) is 5.82 Å². The minimum atomic E-state index is -1.06. The van der Waals surface area contributed by atoms with Crippen molar-refractivity contribution in [2.45, 2.75) is 19.4 Å². The maximum Gasteiger partial charge on any atom is 0.323 e. The van der Waals surface area contributed by atoms with E-state index in [4.69, 9.17) is 9.47 Å². The van der Waals surface area contributed by atoms with Crippen molar-refractivity contribution in [1.82, 2.24) is 9.97 Å². The van der Waals surface area contributed by atoms with Crippen LogP contribution in [0.15, 0.2) is 41.2 Å². The number of fused-ring (bicyclic) bond motifs is 1. The van der Waals surface area contributed by atoms with Crippen molar-refractivity contribution in [3.63, 3.8) is 0 Å². The molecule has 0 saturated carbocycles. The van der Waals surface area contributed by atoms with Gasteiger partial charge in [-0.15, -0.1) is 0 Å². The van der Waals surface area contributed by atoms with E-state index in [1.807, 2.05) is 0 Å². The molecule has 0 fully saturated rings. The first-order chi connectivity index (χ1) is 13.4. The van der Waals surface area contributed by atoms with Crippen molar-refractivity contribution in [2.75, 3.05) is 12.4 Å². The van der Waals surface area contributed by atoms with Crippen molar-refractivity contribution < 1.29 is 23.5 Å². The number of halogens is 1. The van der Waals surface area contributed by atoms with Crippen LogP contribution in [0.25, 0.3) is 11.0 Å². The largest absolute Gasteiger partial charge is 0.494 e. The molecule has 3 aromatic rings. The summed E-state index contributed by atoms with van der Waals surface area (Å²) in [5.41, 5.74) is 1.63. The third-order valence-electron chi connectivity index (χ3n) is 4.03. The SMILES string of the molecule is COc1ccc(CC(=O)O[C@H](C)C(=O)Nc2ccc3[nH]c(=O)[nH]c3c2)cc1F. The van der Waals surface area contributed by atoms with Crippen LogP contribution in [0.2, 0.25) is 0 Å². The molecule has 0 bridgehead atoms. The number of anilines is 1. The smallest absolute Gasteiger partial charge is 0.323 e. The van der Waals surface area contributed by atoms with Gasteiger partial charge in [-0.3, -0.25) is 9.59 Å². The highest BCUT2D eigenvalue weighted by Crippen LogP contribution is 2.18. The van der Waals surface area contributed by atoms with Crippen molar-refractivity contribution in [3.8, 4) is 5.75 Å². The molecule has 0 aliphatic carbocycles. The van der Waals surface area contributed by atoms with E-state index in [2.05, 4.69) is 15.3 Å². The minimum Gasteiger partial charge on any atom is -0.494 e. The van der Waals surface area contributed by atoms with Gasteiger partial charge in [-0.1, -0.05) is 6.07 Å². The van der Waals surface area contributed by atoms with Crippen molar-refractivity contribution in [1.29, 1.82) is 0 Å². The molecule has 3 rings (SSSR count). The van der Waals surface area contributed by atoms with Crippen LogP contribution in [-0.4, -0.2) is 35.1 Å². The lowest BCUT2D eigenvalue weighted by Gasteiger charge is -2.14. The molecule has 28 heavy (non-hydrogen) atoms. The van der Waals surface area contributed by atoms with Crippen molar-refractivity contribution in [2.24, 2.45) is 0 Å². The third kappa shape index (κ3) is 4.37. The monoisotopic (exact) mass is 387 g/mol. The molecule has 9 heteroatoms. The van der Waals surface area contributed by atoms with Gasteiger partial charge in [0.25, 0.3) is 5.91 Å². The molecule has 3 N–H and O–H groups in total. The van der Waals surface area contributed by atoms with E-state index in [0.717, 1.165) is 0 Å². The number of hydrogen-bond acceptors (Lipinski definition) is 5. The predicted molar refractivity (Wildman–Crippen MR) is 99.8 cm³/mol. The maximum atomic E-state index is 13.7. The number of aromatic nitrogens is 2. The fraction of sp³-hybridized carbons (Fsp3) is 0.211. The molecular weight excluding hydrogens is 369 g/mol. The lowest BCUT2D eigenvalue weighted by Crippen LogP contribution is -2.30. The summed E-state index contributed by atoms with van der Waals surface area (Å²) in [5.74, 6) is -1.72. The topological polar surface area (TPSA) is 113 Å². The third-order valence-corrected chi connectivity index (χ3v) is 4.03. The van der Waals surface area contributed by atoms with Gasteiger partial charge in [-0.05, 0) is 42.8 Å². The second-order valence-electron chi connectivity index (χ2n) is 6.11. The van der Waals surface area contributed by atoms with Gasteiger partial charge in [-0.2, -0.15) is 0 Å². The van der Waals surface area contributed by atoms with E-state index in [-0.39, 0.29) is 17.9 Å². The average molecular weight is 387 g/mol. The molecule has 1 amide bonds. The van der Waals surface area contributed by atoms with E-state index >= 15 is 0 Å². The van der Waals surface area contributed by atoms with E-state index in [1.54, 1.807) is 24.3 Å². The molecular formula is C19H18FN3O5. The van der Waals surface area contributed by atoms with Gasteiger partial charge in [0.05, 0.1) is 24.6 Å². The van der Waals surface area contributed by atoms with Crippen LogP contribution in [0.5, 0.6) is 5.75 Å². The summed E-state index contributed by atoms with van der Waals surface area (Å²) in [7, 11) is 1.35. The van der Waals surface area contributed by atoms with E-state index in [1.165, 1.54) is 26.2 Å². The van der Waals surface area contributed by atoms with Crippen molar-refractivity contribution >= 4 is 28.6 Å². The first-order valence-electron chi connectivity index (χ1n) is 8.40. The Morgan fingerprint density at radius 2 is 1.89 bits per heavy atom. The lowest BCUT2D eigenvalue weighted by atomic mass is 10.1. The zero-order chi connectivity index (χ0) is 20.3. The van der Waals surface area contributed by atoms with Crippen LogP contribution < -0.4 is 15.7 Å². The van der Waals surface area contributed by atoms with Crippen LogP contribution in [-0.2, 0) is 20.7 Å². The Morgan fingerprint density at radius 1 is 1.14 bits per heavy atom. The molecule has 0 spiro atoms. The number of hydrogen-bond donors (Lipinski definition) is 3. The normalized spacial score (nSPS) is 11.8. The van der Waals surface area contributed by atoms with E-state index < -0.39 is 23.8 Å². The zero-order valence-electron chi connectivity index (χ0n) is 15.2. The molecule has 0 aliphatic heterocycles. The molecule has 146 valence electrons. The number of imidazole rings is 1. The summed E-state index contributed by atoms with van der Waals surface area (Å²) in [5, 5.41) is 2.61. The number of H-pyrrole nitrogens is 2. The highest BCUT2D eigenvalue weighted by atomic mass is 19.1. The first kappa shape index (κ1) is 19.2. The van der Waals surface area contributed by atoms with Crippen LogP contribution in [0.1, 0.15) is 12.5 Å². The molecule has 0 unspecified atom stereocenters. The summed E-state index contributed by atoms with van der Waals surface area (Å²) in [6.45, 7) is 1.43. The summed E-state index contributed by atoms with van der Waals surface area (Å²) in [6.07, 6.45) is -1.24. The molecule has 1 heterocycles. The van der Waals surface area contributed by atoms with Gasteiger partial charge in [0, 0.05) is 5.69 Å². The van der Waals surface area contributed by atoms with Crippen LogP contribution >= 0.6 is 0 Å². The Morgan fingerprint density at radius 3 is 2.61 bits per heavy atom. The highest BCUT2D eigenvalue weighted by Gasteiger charge is 2.19. The van der Waals surface area contributed by atoms with E-state index in [0.29, 0.717) is 22.3 Å². The number of benzene rings is 2. The highest BCUT2D eigenvalue weighted by molar-refractivity contribution is 5.96. The Hall–Kier alpha value is -3.62. The predicted octanol–water partition coefficient (Wildman–Crippen LogP) is 2.12. The number of esters is 1. The first-order valence-corrected chi connectivity index (χ1v) is 8.40. The van der Waals surface area contributed by atoms with Gasteiger partial charge in [0.1, 0.15) is 0 Å². The van der Waals surface area contributed by atoms with Gasteiger partial charge in [-0.25, -0.2) is 9.18 Å². The van der Waals surface area contributed by atoms with E-state index in [9.17, 15) is 18.8 Å². The molecule has 1 aromatic heterocycles. The Kier molecular flexibility index (Phi) is 5.44. The number of methoxy groups -OCH3 is 1. The number of amides is 1. The molecule has 0 radical (unpaired) electrons. The number of carbonyl (C=O) groups excluding carboxylic acids is 2. The molecule has 0 saturated heterocycles. The molecule has 8 nitrogen and oxygen atoms in total. The second-order valence-corrected chi connectivity index (χ2v) is 6.11. The van der Waals surface area contributed by atoms with Gasteiger partial charge in [0.2, 0.25) is 0 Å². The van der Waals surface area contributed by atoms with Crippen LogP contribution in [0.4, 0.5) is 10.1 Å². The fourth-order valence-corrected chi connectivity index (χ4v) is 2.63. The van der Waals surface area contributed by atoms with Gasteiger partial charge in [0.15, 0.2) is 17.7 Å². The van der Waals surface area contributed by atoms with Crippen molar-refractivity contribution in [3.05, 3.63) is 58.3 Å².